The van der Waals surface area contributed by atoms with Gasteiger partial charge in [0.1, 0.15) is 5.76 Å². The van der Waals surface area contributed by atoms with Gasteiger partial charge < -0.3 is 15.4 Å². The van der Waals surface area contributed by atoms with Crippen LogP contribution in [0, 0.1) is 0 Å². The number of cyclic esters (lactones) is 1. The minimum absolute atomic E-state index is 0. The molecule has 2 N–H and O–H groups in total. The van der Waals surface area contributed by atoms with Gasteiger partial charge in [-0.1, -0.05) is 7.43 Å². The van der Waals surface area contributed by atoms with Crippen molar-refractivity contribution < 1.29 is 19.2 Å². The molecule has 0 unspecified atom stereocenters. The van der Waals surface area contributed by atoms with Crippen LogP contribution in [-0.2, 0) is 19.2 Å². The molecule has 0 aromatic heterocycles. The van der Waals surface area contributed by atoms with Crippen LogP contribution in [0.15, 0.2) is 22.6 Å². The van der Waals surface area contributed by atoms with Crippen LogP contribution in [0.5, 0.6) is 0 Å². The van der Waals surface area contributed by atoms with Crippen molar-refractivity contribution in [2.45, 2.75) is 48.0 Å². The van der Waals surface area contributed by atoms with Gasteiger partial charge in [0.05, 0.1) is 6.42 Å². The first-order valence-electron chi connectivity index (χ1n) is 6.71. The zero-order valence-electron chi connectivity index (χ0n) is 14.2. The molecule has 0 aromatic rings. The summed E-state index contributed by atoms with van der Waals surface area (Å²) < 4.78 is 4.71. The second-order valence-corrected chi connectivity index (χ2v) is 40.0. The molecule has 0 bridgehead atoms. The topological polar surface area (TPSA) is 72.6 Å². The van der Waals surface area contributed by atoms with E-state index in [4.69, 9.17) is 4.74 Å². The minimum atomic E-state index is -0.278. The predicted molar refractivity (Wildman–Crippen MR) is 124 cm³/mol. The van der Waals surface area contributed by atoms with E-state index in [-0.39, 0.29) is 24.2 Å². The Morgan fingerprint density at radius 3 is 1.50 bits per heavy atom. The first-order chi connectivity index (χ1) is 10.6. The number of amides is 1. The normalized spacial score (nSPS) is 15.7. The van der Waals surface area contributed by atoms with Crippen LogP contribution in [0.4, 0.5) is 0 Å². The summed E-state index contributed by atoms with van der Waals surface area (Å²) in [5.41, 5.74) is 7.86. The Balaban J connectivity index is -0.000000272. The third kappa shape index (κ3) is 13.4. The first kappa shape index (κ1) is 29.9. The fraction of sp³-hybridized carbons (Fsp3) is 0.600. The molecule has 5 nitrogen and oxygen atoms in total. The van der Waals surface area contributed by atoms with E-state index >= 15 is 0 Å². The van der Waals surface area contributed by atoms with Crippen molar-refractivity contribution in [1.29, 1.82) is 0 Å². The van der Waals surface area contributed by atoms with E-state index < -0.39 is 0 Å². The monoisotopic (exact) mass is 716 g/mol. The fourth-order valence-corrected chi connectivity index (χ4v) is 1.58. The van der Waals surface area contributed by atoms with Gasteiger partial charge in [0.2, 0.25) is 5.91 Å². The third-order valence-electron chi connectivity index (χ3n) is 3.19. The molecule has 0 saturated heterocycles. The number of nitrogens with two attached hydrogens (primary N) is 1. The van der Waals surface area contributed by atoms with Crippen molar-refractivity contribution in [1.82, 2.24) is 4.90 Å². The van der Waals surface area contributed by atoms with Gasteiger partial charge in [-0.3, -0.25) is 9.59 Å². The van der Waals surface area contributed by atoms with E-state index in [0.29, 0.717) is 12.8 Å². The van der Waals surface area contributed by atoms with Gasteiger partial charge in [0.25, 0.3) is 0 Å². The van der Waals surface area contributed by atoms with Gasteiger partial charge in [-0.05, 0) is 45.9 Å². The van der Waals surface area contributed by atoms with E-state index in [9.17, 15) is 9.59 Å². The molecular weight excluding hydrogens is 688 g/mol. The first-order valence-corrected chi connectivity index (χ1v) is 20.2. The van der Waals surface area contributed by atoms with E-state index in [0.717, 1.165) is 17.0 Å². The molecule has 1 amide bonds. The van der Waals surface area contributed by atoms with E-state index in [2.05, 4.69) is 65.7 Å². The molecule has 2 aliphatic heterocycles. The number of rotatable bonds is 0. The van der Waals surface area contributed by atoms with Crippen molar-refractivity contribution in [3.63, 3.8) is 0 Å². The third-order valence-corrected chi connectivity index (χ3v) is 3.19. The molecule has 0 atom stereocenters. The zero-order chi connectivity index (χ0) is 18.7. The Kier molecular flexibility index (Phi) is 20.4. The molecular formula is C15H28I3N2O3V. The Morgan fingerprint density at radius 2 is 1.42 bits per heavy atom. The van der Waals surface area contributed by atoms with Crippen LogP contribution in [0.2, 0.25) is 0 Å². The number of esters is 1. The summed E-state index contributed by atoms with van der Waals surface area (Å²) in [5.74, 6) is 0.861. The molecule has 142 valence electrons. The van der Waals surface area contributed by atoms with Crippen LogP contribution >= 0.6 is 59.9 Å². The van der Waals surface area contributed by atoms with Crippen molar-refractivity contribution in [2.75, 3.05) is 14.1 Å². The summed E-state index contributed by atoms with van der Waals surface area (Å²) in [6.07, 6.45) is 1.09. The fourth-order valence-electron chi connectivity index (χ4n) is 1.58. The van der Waals surface area contributed by atoms with Crippen molar-refractivity contribution in [2.24, 2.45) is 5.73 Å². The number of carbonyl (C=O) groups is 2. The van der Waals surface area contributed by atoms with Crippen molar-refractivity contribution in [3.05, 3.63) is 22.6 Å². The van der Waals surface area contributed by atoms with Gasteiger partial charge in [0, 0.05) is 19.2 Å². The molecule has 0 radical (unpaired) electrons. The van der Waals surface area contributed by atoms with Gasteiger partial charge in [-0.2, -0.15) is 0 Å². The summed E-state index contributed by atoms with van der Waals surface area (Å²) in [7, 11) is 3.31. The molecule has 0 fully saturated rings. The summed E-state index contributed by atoms with van der Waals surface area (Å²) in [5, 5.41) is 0. The number of hydrogen-bond acceptors (Lipinski definition) is 4. The second kappa shape index (κ2) is 16.3. The molecule has 9 heteroatoms. The van der Waals surface area contributed by atoms with Crippen LogP contribution in [0.1, 0.15) is 48.0 Å². The number of carbonyl (C=O) groups excluding carboxylic acids is 2. The molecule has 24 heavy (non-hydrogen) atoms. The number of halogens is 3. The maximum absolute atomic E-state index is 10.9. The average Bonchev–Trinajstić information content (AvgIpc) is 2.86. The standard InChI is InChI=1S/C7H11NO.C6H8O2.CH5N.CH4.3HI.V/c1-5-4-7(9)8(3)6(5)2;1-4-3-6(7)8-5(4)2;1-2;;;;;/h4H2,1-3H3;3H2,1-2H3;2H2,1H3;1H4;3*1H;/q;;;;;;;+3/p-3. The second-order valence-electron chi connectivity index (χ2n) is 4.67. The van der Waals surface area contributed by atoms with Gasteiger partial charge >= 0.3 is 70.8 Å². The average molecular weight is 716 g/mol. The summed E-state index contributed by atoms with van der Waals surface area (Å²) in [4.78, 5) is 22.7. The Morgan fingerprint density at radius 1 is 1.00 bits per heavy atom. The van der Waals surface area contributed by atoms with Gasteiger partial charge in [-0.15, -0.1) is 0 Å². The van der Waals surface area contributed by atoms with Crippen molar-refractivity contribution >= 4 is 71.8 Å². The quantitative estimate of drug-likeness (QED) is 0.276. The van der Waals surface area contributed by atoms with E-state index in [1.807, 2.05) is 27.8 Å². The van der Waals surface area contributed by atoms with Crippen LogP contribution in [0.25, 0.3) is 0 Å². The molecule has 0 aliphatic carbocycles. The number of ether oxygens (including phenoxy) is 1. The molecule has 2 heterocycles. The molecule has 2 rings (SSSR count). The SMILES string of the molecule is C.CC1=C(C)N(C)C(=O)C1.CC1=C(C)OC(=O)C1.CN.[I][V]([I])[I]. The molecule has 0 saturated carbocycles. The Hall–Kier alpha value is 1.15. The summed E-state index contributed by atoms with van der Waals surface area (Å²) >= 11 is 7.39. The Bertz CT molecular complexity index is 462. The maximum atomic E-state index is 10.9. The van der Waals surface area contributed by atoms with Gasteiger partial charge in [-0.25, -0.2) is 0 Å². The Labute approximate surface area is 184 Å². The number of nitrogens with zero attached hydrogens (tertiary/aromatic N) is 1. The van der Waals surface area contributed by atoms with Crippen molar-refractivity contribution in [3.8, 4) is 0 Å². The van der Waals surface area contributed by atoms with E-state index in [1.165, 1.54) is 12.6 Å². The predicted octanol–water partition coefficient (Wildman–Crippen LogP) is 5.24. The van der Waals surface area contributed by atoms with Gasteiger partial charge in [0.15, 0.2) is 0 Å². The zero-order valence-corrected chi connectivity index (χ0v) is 22.1. The molecule has 0 aromatic carbocycles. The summed E-state index contributed by atoms with van der Waals surface area (Å²) in [6, 6.07) is 0. The van der Waals surface area contributed by atoms with Crippen LogP contribution in [-0.4, -0.2) is 30.9 Å². The molecule has 0 spiro atoms. The van der Waals surface area contributed by atoms with Crippen LogP contribution in [0.3, 0.4) is 0 Å². The van der Waals surface area contributed by atoms with E-state index in [1.54, 1.807) is 11.8 Å². The van der Waals surface area contributed by atoms with Crippen LogP contribution < -0.4 is 5.73 Å². The number of allylic oxidation sites excluding steroid dienone is 2. The molecule has 2 aliphatic rings. The summed E-state index contributed by atoms with van der Waals surface area (Å²) in [6.45, 7) is 7.68. The number of hydrogen-bond donors (Lipinski definition) is 1.